The predicted octanol–water partition coefficient (Wildman–Crippen LogP) is -0.00860. The number of nitrogens with zero attached hydrogens (tertiary/aromatic N) is 1. The summed E-state index contributed by atoms with van der Waals surface area (Å²) in [6.07, 6.45) is 1.58. The van der Waals surface area contributed by atoms with E-state index in [4.69, 9.17) is 5.84 Å². The normalized spacial score (nSPS) is 10.3. The number of pyridine rings is 1. The fraction of sp³-hybridized carbons (Fsp3) is 0.0909. The Morgan fingerprint density at radius 3 is 2.81 bits per heavy atom. The van der Waals surface area contributed by atoms with E-state index < -0.39 is 0 Å². The van der Waals surface area contributed by atoms with Gasteiger partial charge < -0.3 is 4.57 Å². The smallest absolute Gasteiger partial charge is 0.253 e. The van der Waals surface area contributed by atoms with Crippen molar-refractivity contribution in [2.45, 2.75) is 6.54 Å². The van der Waals surface area contributed by atoms with Gasteiger partial charge in [0.2, 0.25) is 0 Å². The highest BCUT2D eigenvalue weighted by atomic mass is 16.2. The molecule has 1 amide bonds. The summed E-state index contributed by atoms with van der Waals surface area (Å²) in [6, 6.07) is 8.57. The summed E-state index contributed by atoms with van der Waals surface area (Å²) in [5, 5.41) is 0.592. The minimum absolute atomic E-state index is 0.0555. The number of para-hydroxylation sites is 1. The summed E-state index contributed by atoms with van der Waals surface area (Å²) in [7, 11) is 0. The molecule has 0 saturated carbocycles. The first-order valence-electron chi connectivity index (χ1n) is 4.80. The van der Waals surface area contributed by atoms with Gasteiger partial charge in [-0.2, -0.15) is 0 Å². The Hall–Kier alpha value is -2.14. The Morgan fingerprint density at radius 1 is 1.31 bits per heavy atom. The molecule has 0 saturated heterocycles. The Balaban J connectivity index is 2.59. The number of nitrogens with two attached hydrogens (primary N) is 1. The zero-order valence-corrected chi connectivity index (χ0v) is 8.51. The molecule has 0 aliphatic carbocycles. The highest BCUT2D eigenvalue weighted by molar-refractivity contribution is 5.81. The quantitative estimate of drug-likeness (QED) is 0.422. The molecule has 1 aromatic carbocycles. The summed E-state index contributed by atoms with van der Waals surface area (Å²) in [4.78, 5) is 22.7. The second kappa shape index (κ2) is 4.16. The first-order chi connectivity index (χ1) is 7.72. The highest BCUT2D eigenvalue weighted by Gasteiger charge is 2.04. The van der Waals surface area contributed by atoms with Crippen LogP contribution in [0.1, 0.15) is 0 Å². The lowest BCUT2D eigenvalue weighted by atomic mass is 10.2. The first kappa shape index (κ1) is 10.4. The van der Waals surface area contributed by atoms with E-state index >= 15 is 0 Å². The molecule has 0 unspecified atom stereocenters. The van der Waals surface area contributed by atoms with Crippen molar-refractivity contribution < 1.29 is 4.79 Å². The van der Waals surface area contributed by atoms with E-state index in [-0.39, 0.29) is 17.9 Å². The maximum Gasteiger partial charge on any atom is 0.253 e. The number of aromatic nitrogens is 1. The zero-order chi connectivity index (χ0) is 11.5. The zero-order valence-electron chi connectivity index (χ0n) is 8.51. The molecule has 2 rings (SSSR count). The van der Waals surface area contributed by atoms with Gasteiger partial charge in [-0.05, 0) is 12.1 Å². The van der Waals surface area contributed by atoms with Gasteiger partial charge in [0.05, 0.1) is 5.52 Å². The van der Waals surface area contributed by atoms with E-state index in [0.717, 1.165) is 5.52 Å². The topological polar surface area (TPSA) is 77.1 Å². The SMILES string of the molecule is NNC(=O)Cn1ccc(=O)c2ccccc21. The highest BCUT2D eigenvalue weighted by Crippen LogP contribution is 2.08. The van der Waals surface area contributed by atoms with Gasteiger partial charge in [-0.25, -0.2) is 5.84 Å². The molecule has 0 radical (unpaired) electrons. The Kier molecular flexibility index (Phi) is 2.70. The van der Waals surface area contributed by atoms with E-state index in [1.807, 2.05) is 6.07 Å². The Morgan fingerprint density at radius 2 is 2.06 bits per heavy atom. The van der Waals surface area contributed by atoms with Crippen molar-refractivity contribution in [1.82, 2.24) is 9.99 Å². The molecular formula is C11H11N3O2. The van der Waals surface area contributed by atoms with Crippen molar-refractivity contribution in [2.75, 3.05) is 0 Å². The summed E-state index contributed by atoms with van der Waals surface area (Å²) < 4.78 is 1.68. The molecule has 1 heterocycles. The second-order valence-corrected chi connectivity index (χ2v) is 3.39. The van der Waals surface area contributed by atoms with Crippen molar-refractivity contribution in [3.63, 3.8) is 0 Å². The molecular weight excluding hydrogens is 206 g/mol. The number of fused-ring (bicyclic) bond motifs is 1. The van der Waals surface area contributed by atoms with Gasteiger partial charge in [0.25, 0.3) is 5.91 Å². The fourth-order valence-corrected chi connectivity index (χ4v) is 1.60. The van der Waals surface area contributed by atoms with E-state index in [1.54, 1.807) is 29.0 Å². The van der Waals surface area contributed by atoms with Crippen molar-refractivity contribution >= 4 is 16.8 Å². The average Bonchev–Trinajstić information content (AvgIpc) is 2.33. The molecule has 16 heavy (non-hydrogen) atoms. The summed E-state index contributed by atoms with van der Waals surface area (Å²) in [5.74, 6) is 4.71. The molecule has 1 aromatic heterocycles. The number of nitrogens with one attached hydrogen (secondary N) is 1. The van der Waals surface area contributed by atoms with Gasteiger partial charge in [-0.1, -0.05) is 12.1 Å². The van der Waals surface area contributed by atoms with Crippen molar-refractivity contribution in [1.29, 1.82) is 0 Å². The van der Waals surface area contributed by atoms with Crippen LogP contribution in [0.2, 0.25) is 0 Å². The van der Waals surface area contributed by atoms with Crippen LogP contribution < -0.4 is 16.7 Å². The largest absolute Gasteiger partial charge is 0.338 e. The molecule has 0 bridgehead atoms. The van der Waals surface area contributed by atoms with Crippen LogP contribution in [0.5, 0.6) is 0 Å². The van der Waals surface area contributed by atoms with Crippen LogP contribution in [-0.2, 0) is 11.3 Å². The van der Waals surface area contributed by atoms with E-state index in [9.17, 15) is 9.59 Å². The summed E-state index contributed by atoms with van der Waals surface area (Å²) in [6.45, 7) is 0.0945. The van der Waals surface area contributed by atoms with Crippen LogP contribution in [-0.4, -0.2) is 10.5 Å². The number of benzene rings is 1. The molecule has 3 N–H and O–H groups in total. The summed E-state index contributed by atoms with van der Waals surface area (Å²) >= 11 is 0. The van der Waals surface area contributed by atoms with Crippen molar-refractivity contribution in [3.05, 3.63) is 46.8 Å². The van der Waals surface area contributed by atoms with Crippen molar-refractivity contribution in [2.24, 2.45) is 5.84 Å². The third-order valence-corrected chi connectivity index (χ3v) is 2.36. The Bertz CT molecular complexity index is 589. The number of carbonyl (C=O) groups excluding carboxylic acids is 1. The van der Waals surface area contributed by atoms with Crippen molar-refractivity contribution in [3.8, 4) is 0 Å². The summed E-state index contributed by atoms with van der Waals surface area (Å²) in [5.41, 5.74) is 2.72. The maximum atomic E-state index is 11.5. The van der Waals surface area contributed by atoms with Crippen LogP contribution in [0.4, 0.5) is 0 Å². The lowest BCUT2D eigenvalue weighted by molar-refractivity contribution is -0.121. The minimum Gasteiger partial charge on any atom is -0.338 e. The second-order valence-electron chi connectivity index (χ2n) is 3.39. The minimum atomic E-state index is -0.311. The first-order valence-corrected chi connectivity index (χ1v) is 4.80. The number of carbonyl (C=O) groups is 1. The number of hydrogen-bond acceptors (Lipinski definition) is 3. The molecule has 82 valence electrons. The van der Waals surface area contributed by atoms with Gasteiger partial charge in [-0.15, -0.1) is 0 Å². The lowest BCUT2D eigenvalue weighted by Crippen LogP contribution is -2.33. The molecule has 5 heteroatoms. The molecule has 2 aromatic rings. The molecule has 0 aliphatic heterocycles. The van der Waals surface area contributed by atoms with E-state index in [0.29, 0.717) is 5.39 Å². The molecule has 0 aliphatic rings. The van der Waals surface area contributed by atoms with E-state index in [1.165, 1.54) is 6.07 Å². The predicted molar refractivity (Wildman–Crippen MR) is 60.5 cm³/mol. The molecule has 0 fully saturated rings. The van der Waals surface area contributed by atoms with Crippen LogP contribution in [0.15, 0.2) is 41.3 Å². The lowest BCUT2D eigenvalue weighted by Gasteiger charge is -2.08. The number of amides is 1. The molecule has 0 spiro atoms. The van der Waals surface area contributed by atoms with Gasteiger partial charge >= 0.3 is 0 Å². The molecule has 0 atom stereocenters. The van der Waals surface area contributed by atoms with Crippen LogP contribution >= 0.6 is 0 Å². The molecule has 5 nitrogen and oxygen atoms in total. The van der Waals surface area contributed by atoms with Gasteiger partial charge in [0.15, 0.2) is 5.43 Å². The Labute approximate surface area is 91.5 Å². The third kappa shape index (κ3) is 1.80. The van der Waals surface area contributed by atoms with E-state index in [2.05, 4.69) is 5.43 Å². The van der Waals surface area contributed by atoms with Gasteiger partial charge in [0, 0.05) is 17.6 Å². The number of hydrazine groups is 1. The fourth-order valence-electron chi connectivity index (χ4n) is 1.60. The number of rotatable bonds is 2. The average molecular weight is 217 g/mol. The van der Waals surface area contributed by atoms with Crippen LogP contribution in [0.3, 0.4) is 0 Å². The van der Waals surface area contributed by atoms with Crippen LogP contribution in [0.25, 0.3) is 10.9 Å². The third-order valence-electron chi connectivity index (χ3n) is 2.36. The number of hydrogen-bond donors (Lipinski definition) is 2. The monoisotopic (exact) mass is 217 g/mol. The maximum absolute atomic E-state index is 11.5. The van der Waals surface area contributed by atoms with Gasteiger partial charge in [0.1, 0.15) is 6.54 Å². The van der Waals surface area contributed by atoms with Crippen LogP contribution in [0, 0.1) is 0 Å². The van der Waals surface area contributed by atoms with Gasteiger partial charge in [-0.3, -0.25) is 15.0 Å². The standard InChI is InChI=1S/C11H11N3O2/c12-13-11(16)7-14-6-5-10(15)8-3-1-2-4-9(8)14/h1-6H,7,12H2,(H,13,16).